The summed E-state index contributed by atoms with van der Waals surface area (Å²) in [5, 5.41) is 2.25. The molecule has 3 N–H and O–H groups in total. The molecule has 0 aromatic heterocycles. The van der Waals surface area contributed by atoms with E-state index in [-0.39, 0.29) is 12.3 Å². The maximum atomic E-state index is 10.9. The highest BCUT2D eigenvalue weighted by Crippen LogP contribution is 1.84. The van der Waals surface area contributed by atoms with E-state index in [4.69, 9.17) is 5.73 Å². The van der Waals surface area contributed by atoms with Crippen molar-refractivity contribution in [2.75, 3.05) is 12.3 Å². The third-order valence-corrected chi connectivity index (χ3v) is 1.64. The summed E-state index contributed by atoms with van der Waals surface area (Å²) in [6, 6.07) is -0.707. The Kier molecular flexibility index (Phi) is 5.95. The van der Waals surface area contributed by atoms with Crippen LogP contribution in [-0.2, 0) is 13.8 Å². The van der Waals surface area contributed by atoms with Gasteiger partial charge < -0.3 is 15.2 Å². The van der Waals surface area contributed by atoms with Gasteiger partial charge in [-0.15, -0.1) is 0 Å². The van der Waals surface area contributed by atoms with Crippen molar-refractivity contribution < 1.29 is 13.8 Å². The lowest BCUT2D eigenvalue weighted by Crippen LogP contribution is -2.43. The fraction of sp³-hybridized carbons (Fsp3) is 0.600. The van der Waals surface area contributed by atoms with Crippen molar-refractivity contribution in [1.29, 1.82) is 0 Å². The van der Waals surface area contributed by atoms with Crippen LogP contribution in [0.2, 0.25) is 0 Å². The van der Waals surface area contributed by atoms with Crippen molar-refractivity contribution in [3.05, 3.63) is 0 Å². The van der Waals surface area contributed by atoms with E-state index in [1.165, 1.54) is 0 Å². The molecule has 0 heterocycles. The van der Waals surface area contributed by atoms with Gasteiger partial charge in [0.05, 0.1) is 6.04 Å². The molecule has 0 bridgehead atoms. The maximum Gasteiger partial charge on any atom is 0.337 e. The van der Waals surface area contributed by atoms with Crippen LogP contribution in [0.3, 0.4) is 0 Å². The summed E-state index contributed by atoms with van der Waals surface area (Å²) in [6.45, 7) is -0.232. The number of rotatable bonds is 4. The summed E-state index contributed by atoms with van der Waals surface area (Å²) < 4.78 is 3.99. The number of thiol groups is 2. The van der Waals surface area contributed by atoms with Crippen molar-refractivity contribution in [3.8, 4) is 0 Å². The van der Waals surface area contributed by atoms with E-state index in [2.05, 4.69) is 35.0 Å². The zero-order valence-corrected chi connectivity index (χ0v) is 7.98. The number of hydrogen-bond acceptors (Lipinski definition) is 6. The predicted octanol–water partition coefficient (Wildman–Crippen LogP) is -1.25. The molecular formula is C5H10N2O3S2. The van der Waals surface area contributed by atoms with Gasteiger partial charge in [0.2, 0.25) is 5.91 Å². The monoisotopic (exact) mass is 210 g/mol. The molecule has 0 saturated heterocycles. The maximum absolute atomic E-state index is 10.9. The van der Waals surface area contributed by atoms with E-state index < -0.39 is 17.9 Å². The second-order valence-electron chi connectivity index (χ2n) is 1.97. The summed E-state index contributed by atoms with van der Waals surface area (Å²) >= 11 is 7.05. The van der Waals surface area contributed by atoms with Crippen LogP contribution in [0.4, 0.5) is 0 Å². The van der Waals surface area contributed by atoms with E-state index in [9.17, 15) is 9.59 Å². The Hall–Kier alpha value is -0.400. The van der Waals surface area contributed by atoms with Gasteiger partial charge in [-0.3, -0.25) is 4.79 Å². The number of hydrogen-bond donors (Lipinski definition) is 4. The summed E-state index contributed by atoms with van der Waals surface area (Å²) in [7, 11) is 0. The Morgan fingerprint density at radius 2 is 2.17 bits per heavy atom. The van der Waals surface area contributed by atoms with Gasteiger partial charge in [0.15, 0.2) is 0 Å². The second-order valence-corrected chi connectivity index (χ2v) is 2.52. The Balaban J connectivity index is 3.64. The zero-order chi connectivity index (χ0) is 9.56. The number of carbonyl (C=O) groups excluding carboxylic acids is 2. The Morgan fingerprint density at radius 1 is 1.58 bits per heavy atom. The molecule has 1 atom stereocenters. The molecule has 12 heavy (non-hydrogen) atoms. The second kappa shape index (κ2) is 6.15. The molecule has 0 aromatic carbocycles. The minimum atomic E-state index is -0.707. The summed E-state index contributed by atoms with van der Waals surface area (Å²) in [4.78, 5) is 21.3. The van der Waals surface area contributed by atoms with E-state index in [1.54, 1.807) is 0 Å². The molecule has 0 aliphatic heterocycles. The van der Waals surface area contributed by atoms with Crippen molar-refractivity contribution >= 4 is 37.4 Å². The lowest BCUT2D eigenvalue weighted by atomic mass is 10.3. The first-order chi connectivity index (χ1) is 5.61. The highest BCUT2D eigenvalue weighted by Gasteiger charge is 2.12. The average molecular weight is 210 g/mol. The van der Waals surface area contributed by atoms with Crippen LogP contribution in [0.5, 0.6) is 0 Å². The van der Waals surface area contributed by atoms with Crippen molar-refractivity contribution in [2.45, 2.75) is 6.04 Å². The van der Waals surface area contributed by atoms with Gasteiger partial charge in [-0.25, -0.2) is 4.79 Å². The average Bonchev–Trinajstić information content (AvgIpc) is 2.11. The minimum Gasteiger partial charge on any atom is -0.393 e. The standard InChI is InChI=1S/C5H10N2O3S2/c6-3(2-11)5(9)7-1-4(8)10-12/h3,11-12H,1-2,6H2,(H,7,9)/t3-/m0/s1. The molecular weight excluding hydrogens is 200 g/mol. The SMILES string of the molecule is N[C@@H](CS)C(=O)NCC(=O)OS. The van der Waals surface area contributed by atoms with Crippen LogP contribution in [0.15, 0.2) is 0 Å². The number of nitrogens with two attached hydrogens (primary N) is 1. The normalized spacial score (nSPS) is 11.9. The smallest absolute Gasteiger partial charge is 0.337 e. The molecule has 0 spiro atoms. The van der Waals surface area contributed by atoms with Gasteiger partial charge in [-0.2, -0.15) is 12.6 Å². The lowest BCUT2D eigenvalue weighted by molar-refractivity contribution is -0.134. The fourth-order valence-electron chi connectivity index (χ4n) is 0.406. The summed E-state index contributed by atoms with van der Waals surface area (Å²) in [5.74, 6) is -0.858. The van der Waals surface area contributed by atoms with Crippen LogP contribution in [0, 0.1) is 0 Å². The van der Waals surface area contributed by atoms with Crippen LogP contribution in [-0.4, -0.2) is 30.2 Å². The molecule has 70 valence electrons. The largest absolute Gasteiger partial charge is 0.393 e. The van der Waals surface area contributed by atoms with Gasteiger partial charge in [0.25, 0.3) is 0 Å². The number of carbonyl (C=O) groups is 2. The first-order valence-electron chi connectivity index (χ1n) is 3.10. The van der Waals surface area contributed by atoms with Crippen molar-refractivity contribution in [2.24, 2.45) is 5.73 Å². The van der Waals surface area contributed by atoms with E-state index >= 15 is 0 Å². The molecule has 7 heteroatoms. The minimum absolute atomic E-state index is 0.224. The van der Waals surface area contributed by atoms with Gasteiger partial charge >= 0.3 is 5.97 Å². The molecule has 0 unspecified atom stereocenters. The van der Waals surface area contributed by atoms with Crippen LogP contribution in [0.25, 0.3) is 0 Å². The van der Waals surface area contributed by atoms with Gasteiger partial charge in [0.1, 0.15) is 6.54 Å². The van der Waals surface area contributed by atoms with E-state index in [0.717, 1.165) is 0 Å². The molecule has 0 saturated carbocycles. The molecule has 0 aromatic rings. The quantitative estimate of drug-likeness (QED) is 0.345. The van der Waals surface area contributed by atoms with Gasteiger partial charge in [-0.1, -0.05) is 0 Å². The van der Waals surface area contributed by atoms with Crippen LogP contribution in [0.1, 0.15) is 0 Å². The van der Waals surface area contributed by atoms with Crippen LogP contribution < -0.4 is 11.1 Å². The van der Waals surface area contributed by atoms with E-state index in [1.807, 2.05) is 0 Å². The van der Waals surface area contributed by atoms with Crippen molar-refractivity contribution in [3.63, 3.8) is 0 Å². The van der Waals surface area contributed by atoms with Crippen LogP contribution >= 0.6 is 25.5 Å². The highest BCUT2D eigenvalue weighted by atomic mass is 32.1. The Bertz CT molecular complexity index is 176. The molecule has 1 amide bonds. The molecule has 0 aliphatic carbocycles. The molecule has 0 rings (SSSR count). The highest BCUT2D eigenvalue weighted by molar-refractivity contribution is 7.80. The number of nitrogens with one attached hydrogen (secondary N) is 1. The third-order valence-electron chi connectivity index (χ3n) is 1.04. The topological polar surface area (TPSA) is 81.4 Å². The van der Waals surface area contributed by atoms with Gasteiger partial charge in [-0.05, 0) is 0 Å². The first-order valence-corrected chi connectivity index (χ1v) is 4.10. The fourth-order valence-corrected chi connectivity index (χ4v) is 0.636. The summed E-state index contributed by atoms with van der Waals surface area (Å²) in [5.41, 5.74) is 5.28. The van der Waals surface area contributed by atoms with E-state index in [0.29, 0.717) is 0 Å². The molecule has 0 aliphatic rings. The van der Waals surface area contributed by atoms with Gasteiger partial charge in [0, 0.05) is 18.7 Å². The third kappa shape index (κ3) is 4.47. The first kappa shape index (κ1) is 11.6. The molecule has 5 nitrogen and oxygen atoms in total. The van der Waals surface area contributed by atoms with Crippen molar-refractivity contribution in [1.82, 2.24) is 5.32 Å². The Labute approximate surface area is 81.0 Å². The molecule has 0 fully saturated rings. The number of amides is 1. The molecule has 0 radical (unpaired) electrons. The summed E-state index contributed by atoms with van der Waals surface area (Å²) in [6.07, 6.45) is 0. The lowest BCUT2D eigenvalue weighted by Gasteiger charge is -2.07. The predicted molar refractivity (Wildman–Crippen MR) is 49.9 cm³/mol. The Morgan fingerprint density at radius 3 is 2.58 bits per heavy atom. The zero-order valence-electron chi connectivity index (χ0n) is 6.19.